The van der Waals surface area contributed by atoms with Crippen LogP contribution < -0.4 is 4.74 Å². The highest BCUT2D eigenvalue weighted by molar-refractivity contribution is 5.90. The zero-order valence-electron chi connectivity index (χ0n) is 22.2. The Labute approximate surface area is 217 Å². The van der Waals surface area contributed by atoms with E-state index in [9.17, 15) is 9.90 Å². The van der Waals surface area contributed by atoms with Gasteiger partial charge in [-0.15, -0.1) is 5.10 Å². The molecule has 0 saturated heterocycles. The number of aliphatic hydroxyl groups excluding tert-OH is 1. The molecule has 196 valence electrons. The Morgan fingerprint density at radius 2 is 1.95 bits per heavy atom. The van der Waals surface area contributed by atoms with Crippen LogP contribution in [0.3, 0.4) is 0 Å². The fraction of sp³-hybridized carbons (Fsp3) is 0.517. The minimum Gasteiger partial charge on any atom is -0.512 e. The highest BCUT2D eigenvalue weighted by Gasteiger charge is 2.48. The monoisotopic (exact) mass is 504 g/mol. The van der Waals surface area contributed by atoms with Crippen molar-refractivity contribution in [3.05, 3.63) is 63.9 Å². The molecule has 1 fully saturated rings. The van der Waals surface area contributed by atoms with Crippen LogP contribution in [0.15, 0.2) is 35.6 Å². The van der Waals surface area contributed by atoms with Gasteiger partial charge in [0.2, 0.25) is 0 Å². The third-order valence-electron chi connectivity index (χ3n) is 7.83. The Bertz CT molecular complexity index is 1360. The van der Waals surface area contributed by atoms with Crippen LogP contribution >= 0.6 is 0 Å². The number of aromatic nitrogens is 4. The molecule has 1 N–H and O–H groups in total. The second-order valence-corrected chi connectivity index (χ2v) is 10.5. The normalized spacial score (nSPS) is 20.6. The molecule has 8 heteroatoms. The number of esters is 1. The molecule has 1 atom stereocenters. The number of aliphatic hydroxyl groups is 1. The van der Waals surface area contributed by atoms with Gasteiger partial charge in [-0.3, -0.25) is 0 Å². The summed E-state index contributed by atoms with van der Waals surface area (Å²) in [7, 11) is 0. The summed E-state index contributed by atoms with van der Waals surface area (Å²) in [6.07, 6.45) is 6.15. The molecule has 1 aromatic carbocycles. The van der Waals surface area contributed by atoms with E-state index in [4.69, 9.17) is 9.47 Å². The molecule has 37 heavy (non-hydrogen) atoms. The first-order valence-electron chi connectivity index (χ1n) is 13.3. The smallest absolute Gasteiger partial charge is 0.338 e. The van der Waals surface area contributed by atoms with E-state index in [1.807, 2.05) is 32.9 Å². The lowest BCUT2D eigenvalue weighted by molar-refractivity contribution is -0.167. The van der Waals surface area contributed by atoms with Crippen LogP contribution in [-0.2, 0) is 22.4 Å². The van der Waals surface area contributed by atoms with E-state index in [0.717, 1.165) is 54.8 Å². The van der Waals surface area contributed by atoms with E-state index >= 15 is 0 Å². The van der Waals surface area contributed by atoms with Crippen LogP contribution in [0.25, 0.3) is 5.78 Å². The summed E-state index contributed by atoms with van der Waals surface area (Å²) in [6.45, 7) is 8.51. The zero-order chi connectivity index (χ0) is 26.2. The Morgan fingerprint density at radius 3 is 2.65 bits per heavy atom. The summed E-state index contributed by atoms with van der Waals surface area (Å²) in [5.74, 6) is 1.71. The quantitative estimate of drug-likeness (QED) is 0.415. The van der Waals surface area contributed by atoms with Gasteiger partial charge in [0.1, 0.15) is 17.1 Å². The lowest BCUT2D eigenvalue weighted by Crippen LogP contribution is -2.46. The molecule has 3 aromatic rings. The van der Waals surface area contributed by atoms with E-state index in [2.05, 4.69) is 34.1 Å². The lowest BCUT2D eigenvalue weighted by atomic mass is 9.76. The third-order valence-corrected chi connectivity index (χ3v) is 7.83. The maximum Gasteiger partial charge on any atom is 0.338 e. The number of cyclic esters (lactones) is 1. The summed E-state index contributed by atoms with van der Waals surface area (Å²) < 4.78 is 13.6. The number of fused-ring (bicyclic) bond motifs is 1. The van der Waals surface area contributed by atoms with Gasteiger partial charge in [-0.25, -0.2) is 14.3 Å². The van der Waals surface area contributed by atoms with E-state index < -0.39 is 11.6 Å². The third kappa shape index (κ3) is 5.06. The summed E-state index contributed by atoms with van der Waals surface area (Å²) in [5, 5.41) is 15.7. The van der Waals surface area contributed by atoms with Crippen molar-refractivity contribution in [2.24, 2.45) is 5.92 Å². The van der Waals surface area contributed by atoms with Gasteiger partial charge in [-0.2, -0.15) is 4.98 Å². The highest BCUT2D eigenvalue weighted by Crippen LogP contribution is 2.46. The summed E-state index contributed by atoms with van der Waals surface area (Å²) in [5.41, 5.74) is 3.59. The van der Waals surface area contributed by atoms with Crippen LogP contribution in [0.2, 0.25) is 0 Å². The average Bonchev–Trinajstić information content (AvgIpc) is 3.53. The number of aryl methyl sites for hydroxylation is 4. The van der Waals surface area contributed by atoms with E-state index in [1.165, 1.54) is 5.56 Å². The van der Waals surface area contributed by atoms with Crippen LogP contribution in [0, 0.1) is 26.7 Å². The first kappa shape index (κ1) is 25.2. The van der Waals surface area contributed by atoms with Gasteiger partial charge in [0.25, 0.3) is 5.78 Å². The van der Waals surface area contributed by atoms with Gasteiger partial charge >= 0.3 is 5.97 Å². The summed E-state index contributed by atoms with van der Waals surface area (Å²) in [4.78, 5) is 22.3. The molecule has 0 radical (unpaired) electrons. The molecule has 0 spiro atoms. The molecule has 0 bridgehead atoms. The fourth-order valence-electron chi connectivity index (χ4n) is 5.97. The van der Waals surface area contributed by atoms with Crippen LogP contribution in [0.5, 0.6) is 5.75 Å². The number of nitrogens with zero attached hydrogens (tertiary/aromatic N) is 4. The molecule has 0 amide bonds. The van der Waals surface area contributed by atoms with Crippen LogP contribution in [0.1, 0.15) is 73.8 Å². The van der Waals surface area contributed by atoms with Crippen LogP contribution in [0.4, 0.5) is 0 Å². The van der Waals surface area contributed by atoms with Gasteiger partial charge in [0.05, 0.1) is 12.2 Å². The number of carbonyl (C=O) groups is 1. The lowest BCUT2D eigenvalue weighted by Gasteiger charge is -2.41. The molecule has 1 aliphatic heterocycles. The van der Waals surface area contributed by atoms with Gasteiger partial charge < -0.3 is 14.6 Å². The van der Waals surface area contributed by atoms with E-state index in [0.29, 0.717) is 31.1 Å². The topological polar surface area (TPSA) is 98.8 Å². The number of rotatable bonds is 8. The minimum absolute atomic E-state index is 0.103. The largest absolute Gasteiger partial charge is 0.512 e. The van der Waals surface area contributed by atoms with Crippen molar-refractivity contribution >= 4 is 11.7 Å². The molecule has 5 rings (SSSR count). The average molecular weight is 505 g/mol. The highest BCUT2D eigenvalue weighted by atomic mass is 16.6. The number of benzene rings is 1. The predicted molar refractivity (Wildman–Crippen MR) is 140 cm³/mol. The van der Waals surface area contributed by atoms with E-state index in [1.54, 1.807) is 4.52 Å². The van der Waals surface area contributed by atoms with Crippen molar-refractivity contribution in [3.8, 4) is 5.75 Å². The van der Waals surface area contributed by atoms with Gasteiger partial charge in [-0.1, -0.05) is 25.0 Å². The Hall–Kier alpha value is -3.42. The summed E-state index contributed by atoms with van der Waals surface area (Å²) >= 11 is 0. The van der Waals surface area contributed by atoms with Gasteiger partial charge in [0, 0.05) is 24.2 Å². The number of carbonyl (C=O) groups excluding carboxylic acids is 1. The number of hydrogen-bond donors (Lipinski definition) is 1. The van der Waals surface area contributed by atoms with Crippen LogP contribution in [-0.4, -0.2) is 42.9 Å². The molecular weight excluding hydrogens is 468 g/mol. The number of hydrogen-bond acceptors (Lipinski definition) is 7. The van der Waals surface area contributed by atoms with Crippen molar-refractivity contribution in [1.82, 2.24) is 19.6 Å². The Kier molecular flexibility index (Phi) is 6.92. The van der Waals surface area contributed by atoms with Crippen molar-refractivity contribution in [1.29, 1.82) is 0 Å². The first-order valence-corrected chi connectivity index (χ1v) is 13.3. The maximum atomic E-state index is 13.4. The molecule has 8 nitrogen and oxygen atoms in total. The van der Waals surface area contributed by atoms with Crippen molar-refractivity contribution in [2.45, 2.75) is 84.7 Å². The second kappa shape index (κ2) is 10.1. The molecular formula is C29H36N4O4. The van der Waals surface area contributed by atoms with Crippen molar-refractivity contribution < 1.29 is 19.4 Å². The van der Waals surface area contributed by atoms with Crippen molar-refractivity contribution in [2.75, 3.05) is 6.61 Å². The molecule has 2 aromatic heterocycles. The zero-order valence-corrected chi connectivity index (χ0v) is 22.2. The molecule has 3 heterocycles. The molecule has 1 aliphatic carbocycles. The molecule has 1 unspecified atom stereocenters. The Balaban J connectivity index is 1.38. The fourth-order valence-corrected chi connectivity index (χ4v) is 5.97. The van der Waals surface area contributed by atoms with Gasteiger partial charge in [0.15, 0.2) is 5.82 Å². The summed E-state index contributed by atoms with van der Waals surface area (Å²) in [6, 6.07) is 8.17. The Morgan fingerprint density at radius 1 is 1.16 bits per heavy atom. The second-order valence-electron chi connectivity index (χ2n) is 10.5. The first-order chi connectivity index (χ1) is 17.8. The van der Waals surface area contributed by atoms with Crippen molar-refractivity contribution in [3.63, 3.8) is 0 Å². The number of ether oxygens (including phenoxy) is 2. The molecule has 1 saturated carbocycles. The van der Waals surface area contributed by atoms with Gasteiger partial charge in [-0.05, 0) is 82.6 Å². The SMILES string of the molecule is CCOc1ccc(CCC2(C3CCCC3)CC(O)=C(Cc3nc4nc(C)cc(C)n4n3)C(=O)O2)cc1C. The van der Waals surface area contributed by atoms with E-state index in [-0.39, 0.29) is 23.7 Å². The maximum absolute atomic E-state index is 13.4. The molecule has 2 aliphatic rings. The standard InChI is InChI=1S/C29H36N4O4/c1-5-36-25-11-10-21(14-18(25)2)12-13-29(22-8-6-7-9-22)17-24(34)23(27(35)37-29)16-26-31-28-30-19(3)15-20(4)33(28)32-26/h10-11,14-15,22,34H,5-9,12-13,16-17H2,1-4H3. The minimum atomic E-state index is -0.699. The predicted octanol–water partition coefficient (Wildman–Crippen LogP) is 5.31.